The Labute approximate surface area is 161 Å². The molecule has 2 amide bonds. The molecule has 0 aliphatic heterocycles. The van der Waals surface area contributed by atoms with E-state index in [-0.39, 0.29) is 6.04 Å². The molecule has 4 nitrogen and oxygen atoms in total. The van der Waals surface area contributed by atoms with Crippen molar-refractivity contribution in [1.82, 2.24) is 5.32 Å². The van der Waals surface area contributed by atoms with Gasteiger partial charge in [-0.05, 0) is 81.2 Å². The molecule has 1 unspecified atom stereocenters. The van der Waals surface area contributed by atoms with Gasteiger partial charge in [0.2, 0.25) is 0 Å². The third-order valence-corrected chi connectivity index (χ3v) is 5.34. The molecule has 1 aliphatic carbocycles. The van der Waals surface area contributed by atoms with Gasteiger partial charge in [0.25, 0.3) is 0 Å². The molecule has 3 rings (SSSR count). The number of nitrogens with one attached hydrogen (secondary N) is 2. The van der Waals surface area contributed by atoms with Crippen LogP contribution in [-0.4, -0.2) is 11.8 Å². The maximum atomic E-state index is 12.4. The van der Waals surface area contributed by atoms with Crippen molar-refractivity contribution >= 4 is 17.5 Å². The number of amides is 2. The molecular formula is C23H28N2O2. The number of carbonyl (C=O) groups excluding carboxylic acids is 2. The molecule has 2 aromatic rings. The van der Waals surface area contributed by atoms with Crippen LogP contribution in [0.3, 0.4) is 0 Å². The largest absolute Gasteiger partial charge is 0.341 e. The summed E-state index contributed by atoms with van der Waals surface area (Å²) >= 11 is 0. The Bertz CT molecular complexity index is 863. The van der Waals surface area contributed by atoms with Crippen LogP contribution in [0.5, 0.6) is 0 Å². The van der Waals surface area contributed by atoms with Crippen molar-refractivity contribution in [3.63, 3.8) is 0 Å². The number of fused-ring (bicyclic) bond motifs is 1. The SMILES string of the molecule is Cc1cc(C)c(NC(=O)C(=O)NC(C)c2ccc3c(c2)CCCC3)c(C)c1. The molecule has 0 saturated heterocycles. The third-order valence-electron chi connectivity index (χ3n) is 5.34. The van der Waals surface area contributed by atoms with Crippen molar-refractivity contribution in [3.05, 3.63) is 63.7 Å². The fourth-order valence-corrected chi connectivity index (χ4v) is 3.92. The Morgan fingerprint density at radius 2 is 1.52 bits per heavy atom. The summed E-state index contributed by atoms with van der Waals surface area (Å²) in [7, 11) is 0. The fraction of sp³-hybridized carbons (Fsp3) is 0.391. The number of anilines is 1. The number of carbonyl (C=O) groups is 2. The molecule has 1 atom stereocenters. The van der Waals surface area contributed by atoms with E-state index in [1.807, 2.05) is 39.8 Å². The van der Waals surface area contributed by atoms with Crippen LogP contribution >= 0.6 is 0 Å². The lowest BCUT2D eigenvalue weighted by molar-refractivity contribution is -0.136. The summed E-state index contributed by atoms with van der Waals surface area (Å²) in [5.41, 5.74) is 7.57. The first-order valence-electron chi connectivity index (χ1n) is 9.66. The summed E-state index contributed by atoms with van der Waals surface area (Å²) in [6.07, 6.45) is 4.69. The molecule has 0 spiro atoms. The van der Waals surface area contributed by atoms with Crippen LogP contribution < -0.4 is 10.6 Å². The molecule has 0 bridgehead atoms. The average molecular weight is 364 g/mol. The maximum Gasteiger partial charge on any atom is 0.313 e. The van der Waals surface area contributed by atoms with Crippen molar-refractivity contribution < 1.29 is 9.59 Å². The highest BCUT2D eigenvalue weighted by Crippen LogP contribution is 2.25. The smallest absolute Gasteiger partial charge is 0.313 e. The van der Waals surface area contributed by atoms with Gasteiger partial charge in [-0.3, -0.25) is 9.59 Å². The van der Waals surface area contributed by atoms with E-state index in [1.54, 1.807) is 0 Å². The summed E-state index contributed by atoms with van der Waals surface area (Å²) in [4.78, 5) is 24.8. The average Bonchev–Trinajstić information content (AvgIpc) is 2.63. The summed E-state index contributed by atoms with van der Waals surface area (Å²) < 4.78 is 0. The lowest BCUT2D eigenvalue weighted by Gasteiger charge is -2.20. The first-order chi connectivity index (χ1) is 12.8. The van der Waals surface area contributed by atoms with Gasteiger partial charge < -0.3 is 10.6 Å². The molecule has 27 heavy (non-hydrogen) atoms. The van der Waals surface area contributed by atoms with Gasteiger partial charge in [-0.25, -0.2) is 0 Å². The van der Waals surface area contributed by atoms with Crippen molar-refractivity contribution in [3.8, 4) is 0 Å². The van der Waals surface area contributed by atoms with E-state index < -0.39 is 11.8 Å². The third kappa shape index (κ3) is 4.38. The van der Waals surface area contributed by atoms with Crippen molar-refractivity contribution in [2.24, 2.45) is 0 Å². The molecule has 2 N–H and O–H groups in total. The van der Waals surface area contributed by atoms with Crippen LogP contribution in [-0.2, 0) is 22.4 Å². The fourth-order valence-electron chi connectivity index (χ4n) is 3.92. The molecule has 0 saturated carbocycles. The standard InChI is InChI=1S/C23H28N2O2/c1-14-11-15(2)21(16(3)12-14)25-23(27)22(26)24-17(4)19-10-9-18-7-5-6-8-20(18)13-19/h9-13,17H,5-8H2,1-4H3,(H,24,26)(H,25,27). The Morgan fingerprint density at radius 3 is 2.19 bits per heavy atom. The first kappa shape index (κ1) is 19.2. The molecule has 4 heteroatoms. The summed E-state index contributed by atoms with van der Waals surface area (Å²) in [6.45, 7) is 7.79. The minimum atomic E-state index is -0.630. The van der Waals surface area contributed by atoms with Crippen LogP contribution in [0.2, 0.25) is 0 Å². The van der Waals surface area contributed by atoms with Crippen LogP contribution in [0, 0.1) is 20.8 Å². The zero-order valence-corrected chi connectivity index (χ0v) is 16.6. The van der Waals surface area contributed by atoms with Crippen LogP contribution in [0.1, 0.15) is 59.2 Å². The van der Waals surface area contributed by atoms with Gasteiger partial charge in [-0.15, -0.1) is 0 Å². The van der Waals surface area contributed by atoms with Gasteiger partial charge in [-0.1, -0.05) is 35.9 Å². The van der Waals surface area contributed by atoms with E-state index in [9.17, 15) is 9.59 Å². The van der Waals surface area contributed by atoms with Crippen LogP contribution in [0.25, 0.3) is 0 Å². The highest BCUT2D eigenvalue weighted by molar-refractivity contribution is 6.39. The predicted octanol–water partition coefficient (Wildman–Crippen LogP) is 4.31. The lowest BCUT2D eigenvalue weighted by atomic mass is 9.89. The number of hydrogen-bond acceptors (Lipinski definition) is 2. The number of benzene rings is 2. The van der Waals surface area contributed by atoms with Crippen molar-refractivity contribution in [2.75, 3.05) is 5.32 Å². The van der Waals surface area contributed by atoms with E-state index in [4.69, 9.17) is 0 Å². The highest BCUT2D eigenvalue weighted by atomic mass is 16.2. The van der Waals surface area contributed by atoms with E-state index in [0.29, 0.717) is 5.69 Å². The Kier molecular flexibility index (Phi) is 5.64. The van der Waals surface area contributed by atoms with Crippen LogP contribution in [0.15, 0.2) is 30.3 Å². The van der Waals surface area contributed by atoms with E-state index >= 15 is 0 Å². The summed E-state index contributed by atoms with van der Waals surface area (Å²) in [5, 5.41) is 5.58. The quantitative estimate of drug-likeness (QED) is 0.798. The molecule has 1 aliphatic rings. The van der Waals surface area contributed by atoms with Crippen molar-refractivity contribution in [2.45, 2.75) is 59.4 Å². The minimum Gasteiger partial charge on any atom is -0.341 e. The van der Waals surface area contributed by atoms with Gasteiger partial charge in [0.15, 0.2) is 0 Å². The Morgan fingerprint density at radius 1 is 0.889 bits per heavy atom. The number of hydrogen-bond donors (Lipinski definition) is 2. The molecule has 142 valence electrons. The second-order valence-electron chi connectivity index (χ2n) is 7.66. The zero-order valence-electron chi connectivity index (χ0n) is 16.6. The molecule has 0 radical (unpaired) electrons. The predicted molar refractivity (Wildman–Crippen MR) is 109 cm³/mol. The number of rotatable bonds is 3. The molecule has 2 aromatic carbocycles. The van der Waals surface area contributed by atoms with Gasteiger partial charge in [0.1, 0.15) is 0 Å². The second-order valence-corrected chi connectivity index (χ2v) is 7.66. The topological polar surface area (TPSA) is 58.2 Å². The van der Waals surface area contributed by atoms with Crippen LogP contribution in [0.4, 0.5) is 5.69 Å². The molecular weight excluding hydrogens is 336 g/mol. The maximum absolute atomic E-state index is 12.4. The van der Waals surface area contributed by atoms with E-state index in [1.165, 1.54) is 24.0 Å². The van der Waals surface area contributed by atoms with Gasteiger partial charge in [0, 0.05) is 5.69 Å². The van der Waals surface area contributed by atoms with E-state index in [2.05, 4.69) is 28.8 Å². The van der Waals surface area contributed by atoms with Gasteiger partial charge >= 0.3 is 11.8 Å². The molecule has 0 fully saturated rings. The van der Waals surface area contributed by atoms with Gasteiger partial charge in [-0.2, -0.15) is 0 Å². The number of aryl methyl sites for hydroxylation is 5. The monoisotopic (exact) mass is 364 g/mol. The van der Waals surface area contributed by atoms with E-state index in [0.717, 1.165) is 35.1 Å². The Hall–Kier alpha value is -2.62. The van der Waals surface area contributed by atoms with Crippen molar-refractivity contribution in [1.29, 1.82) is 0 Å². The highest BCUT2D eigenvalue weighted by Gasteiger charge is 2.20. The first-order valence-corrected chi connectivity index (χ1v) is 9.66. The normalized spacial score (nSPS) is 14.2. The molecule has 0 aromatic heterocycles. The zero-order chi connectivity index (χ0) is 19.6. The lowest BCUT2D eigenvalue weighted by Crippen LogP contribution is -2.37. The molecule has 0 heterocycles. The minimum absolute atomic E-state index is 0.212. The second kappa shape index (κ2) is 7.95. The summed E-state index contributed by atoms with van der Waals surface area (Å²) in [5.74, 6) is -1.24. The summed E-state index contributed by atoms with van der Waals surface area (Å²) in [6, 6.07) is 10.2. The van der Waals surface area contributed by atoms with Gasteiger partial charge in [0.05, 0.1) is 6.04 Å². The Balaban J connectivity index is 1.67.